The van der Waals surface area contributed by atoms with Gasteiger partial charge in [-0.25, -0.2) is 24.0 Å². The van der Waals surface area contributed by atoms with Crippen LogP contribution in [0.1, 0.15) is 19.8 Å². The summed E-state index contributed by atoms with van der Waals surface area (Å²) >= 11 is 0. The molecule has 2 rings (SSSR count). The Labute approximate surface area is 125 Å². The molecule has 1 aromatic rings. The van der Waals surface area contributed by atoms with E-state index in [0.29, 0.717) is 6.54 Å². The first-order chi connectivity index (χ1) is 10.0. The third-order valence-corrected chi connectivity index (χ3v) is 5.04. The maximum atomic E-state index is 12.3. The fraction of sp³-hybridized carbons (Fsp3) is 0.615. The third kappa shape index (κ3) is 4.37. The van der Waals surface area contributed by atoms with E-state index >= 15 is 0 Å². The summed E-state index contributed by atoms with van der Waals surface area (Å²) in [5, 5.41) is 0. The Morgan fingerprint density at radius 2 is 2.14 bits per heavy atom. The Bertz CT molecular complexity index is 557. The van der Waals surface area contributed by atoms with Gasteiger partial charge in [0.2, 0.25) is 10.0 Å². The van der Waals surface area contributed by atoms with Gasteiger partial charge in [0.1, 0.15) is 4.90 Å². The molecular formula is C13H23N5O2S. The molecule has 4 N–H and O–H groups in total. The zero-order valence-corrected chi connectivity index (χ0v) is 13.1. The highest BCUT2D eigenvalue weighted by molar-refractivity contribution is 7.89. The van der Waals surface area contributed by atoms with Crippen molar-refractivity contribution in [1.82, 2.24) is 14.6 Å². The minimum atomic E-state index is -3.61. The van der Waals surface area contributed by atoms with Gasteiger partial charge in [0.15, 0.2) is 5.82 Å². The summed E-state index contributed by atoms with van der Waals surface area (Å²) < 4.78 is 27.2. The lowest BCUT2D eigenvalue weighted by Gasteiger charge is -2.20. The molecule has 1 aromatic heterocycles. The lowest BCUT2D eigenvalue weighted by molar-refractivity contribution is 0.288. The number of nitrogens with two attached hydrogens (primary N) is 1. The minimum Gasteiger partial charge on any atom is -0.307 e. The minimum absolute atomic E-state index is 0.0703. The van der Waals surface area contributed by atoms with Gasteiger partial charge in [-0.1, -0.05) is 6.92 Å². The van der Waals surface area contributed by atoms with E-state index in [1.54, 1.807) is 6.07 Å². The van der Waals surface area contributed by atoms with Gasteiger partial charge < -0.3 is 10.3 Å². The Kier molecular flexibility index (Phi) is 5.51. The van der Waals surface area contributed by atoms with Crippen LogP contribution in [-0.4, -0.2) is 44.5 Å². The molecule has 118 valence electrons. The lowest BCUT2D eigenvalue weighted by Crippen LogP contribution is -2.34. The predicted octanol–water partition coefficient (Wildman–Crippen LogP) is 0.377. The van der Waals surface area contributed by atoms with E-state index in [-0.39, 0.29) is 16.6 Å². The molecule has 0 radical (unpaired) electrons. The number of nitrogens with one attached hydrogen (secondary N) is 2. The van der Waals surface area contributed by atoms with Gasteiger partial charge in [-0.05, 0) is 44.0 Å². The second-order valence-electron chi connectivity index (χ2n) is 5.46. The van der Waals surface area contributed by atoms with Gasteiger partial charge in [0.25, 0.3) is 0 Å². The van der Waals surface area contributed by atoms with E-state index < -0.39 is 10.0 Å². The summed E-state index contributed by atoms with van der Waals surface area (Å²) in [6.45, 7) is 5.59. The van der Waals surface area contributed by atoms with E-state index in [2.05, 4.69) is 20.0 Å². The standard InChI is InChI=1S/C13H23N5O2S/c1-11(10-18-7-2-3-8-18)9-16-21(19,20)12-5-4-6-15-13(12)17-14/h4-6,11,16H,2-3,7-10,14H2,1H3,(H,15,17). The smallest absolute Gasteiger partial charge is 0.244 e. The average molecular weight is 313 g/mol. The van der Waals surface area contributed by atoms with Crippen molar-refractivity contribution in [3.63, 3.8) is 0 Å². The second kappa shape index (κ2) is 7.17. The molecule has 1 saturated heterocycles. The van der Waals surface area contributed by atoms with Gasteiger partial charge >= 0.3 is 0 Å². The molecule has 0 aliphatic carbocycles. The van der Waals surface area contributed by atoms with Crippen LogP contribution in [0.2, 0.25) is 0 Å². The Balaban J connectivity index is 1.94. The number of nitrogens with zero attached hydrogens (tertiary/aromatic N) is 2. The topological polar surface area (TPSA) is 100 Å². The van der Waals surface area contributed by atoms with Gasteiger partial charge in [0.05, 0.1) is 0 Å². The van der Waals surface area contributed by atoms with Crippen LogP contribution in [0.4, 0.5) is 5.82 Å². The molecule has 0 amide bonds. The molecule has 1 aliphatic heterocycles. The molecule has 2 heterocycles. The first-order valence-electron chi connectivity index (χ1n) is 7.16. The highest BCUT2D eigenvalue weighted by Gasteiger charge is 2.21. The highest BCUT2D eigenvalue weighted by atomic mass is 32.2. The molecule has 1 unspecified atom stereocenters. The van der Waals surface area contributed by atoms with Crippen LogP contribution in [0, 0.1) is 5.92 Å². The zero-order chi connectivity index (χ0) is 15.3. The average Bonchev–Trinajstić information content (AvgIpc) is 2.98. The first-order valence-corrected chi connectivity index (χ1v) is 8.65. The number of hydrogen-bond donors (Lipinski definition) is 3. The van der Waals surface area contributed by atoms with Crippen molar-refractivity contribution in [2.75, 3.05) is 31.6 Å². The summed E-state index contributed by atoms with van der Waals surface area (Å²) in [6, 6.07) is 3.05. The number of nitrogen functional groups attached to an aromatic ring is 1. The van der Waals surface area contributed by atoms with Crippen molar-refractivity contribution >= 4 is 15.8 Å². The van der Waals surface area contributed by atoms with Gasteiger partial charge in [-0.15, -0.1) is 0 Å². The molecule has 0 bridgehead atoms. The van der Waals surface area contributed by atoms with E-state index in [9.17, 15) is 8.42 Å². The molecular weight excluding hydrogens is 290 g/mol. The number of hydrogen-bond acceptors (Lipinski definition) is 6. The predicted molar refractivity (Wildman–Crippen MR) is 82.1 cm³/mol. The highest BCUT2D eigenvalue weighted by Crippen LogP contribution is 2.17. The Morgan fingerprint density at radius 1 is 1.43 bits per heavy atom. The molecule has 8 heteroatoms. The first kappa shape index (κ1) is 16.2. The van der Waals surface area contributed by atoms with Crippen molar-refractivity contribution in [3.8, 4) is 0 Å². The quantitative estimate of drug-likeness (QED) is 0.497. The van der Waals surface area contributed by atoms with E-state index in [0.717, 1.165) is 19.6 Å². The fourth-order valence-electron chi connectivity index (χ4n) is 2.52. The summed E-state index contributed by atoms with van der Waals surface area (Å²) in [5.41, 5.74) is 2.31. The molecule has 1 fully saturated rings. The molecule has 0 saturated carbocycles. The van der Waals surface area contributed by atoms with Crippen LogP contribution in [0.15, 0.2) is 23.2 Å². The third-order valence-electron chi connectivity index (χ3n) is 3.59. The fourth-order valence-corrected chi connectivity index (χ4v) is 3.80. The number of rotatable bonds is 7. The number of likely N-dealkylation sites (tertiary alicyclic amines) is 1. The number of anilines is 1. The molecule has 1 atom stereocenters. The molecule has 21 heavy (non-hydrogen) atoms. The zero-order valence-electron chi connectivity index (χ0n) is 12.2. The summed E-state index contributed by atoms with van der Waals surface area (Å²) in [5.74, 6) is 5.70. The molecule has 7 nitrogen and oxygen atoms in total. The van der Waals surface area contributed by atoms with E-state index in [1.165, 1.54) is 25.1 Å². The van der Waals surface area contributed by atoms with Crippen LogP contribution < -0.4 is 16.0 Å². The van der Waals surface area contributed by atoms with Crippen molar-refractivity contribution < 1.29 is 8.42 Å². The number of sulfonamides is 1. The summed E-state index contributed by atoms with van der Waals surface area (Å²) in [6.07, 6.45) is 3.96. The Morgan fingerprint density at radius 3 is 2.81 bits per heavy atom. The van der Waals surface area contributed by atoms with Gasteiger partial charge in [-0.2, -0.15) is 0 Å². The molecule has 0 spiro atoms. The number of pyridine rings is 1. The number of aromatic nitrogens is 1. The second-order valence-corrected chi connectivity index (χ2v) is 7.19. The number of hydrazine groups is 1. The van der Waals surface area contributed by atoms with Crippen LogP contribution in [0.5, 0.6) is 0 Å². The summed E-state index contributed by atoms with van der Waals surface area (Å²) in [4.78, 5) is 6.35. The molecule has 0 aromatic carbocycles. The van der Waals surface area contributed by atoms with Crippen LogP contribution in [0.25, 0.3) is 0 Å². The maximum absolute atomic E-state index is 12.3. The molecule has 1 aliphatic rings. The van der Waals surface area contributed by atoms with Crippen LogP contribution in [0.3, 0.4) is 0 Å². The van der Waals surface area contributed by atoms with Gasteiger partial charge in [-0.3, -0.25) is 0 Å². The normalized spacial score (nSPS) is 17.8. The van der Waals surface area contributed by atoms with Crippen molar-refractivity contribution in [2.45, 2.75) is 24.7 Å². The van der Waals surface area contributed by atoms with Crippen molar-refractivity contribution in [1.29, 1.82) is 0 Å². The lowest BCUT2D eigenvalue weighted by atomic mass is 10.2. The SMILES string of the molecule is CC(CNS(=O)(=O)c1cccnc1NN)CN1CCCC1. The van der Waals surface area contributed by atoms with Crippen molar-refractivity contribution in [2.24, 2.45) is 11.8 Å². The monoisotopic (exact) mass is 313 g/mol. The van der Waals surface area contributed by atoms with E-state index in [1.807, 2.05) is 6.92 Å². The largest absolute Gasteiger partial charge is 0.307 e. The van der Waals surface area contributed by atoms with Crippen LogP contribution >= 0.6 is 0 Å². The van der Waals surface area contributed by atoms with Crippen LogP contribution in [-0.2, 0) is 10.0 Å². The Hall–Kier alpha value is -1.22. The summed E-state index contributed by atoms with van der Waals surface area (Å²) in [7, 11) is -3.61. The van der Waals surface area contributed by atoms with Crippen molar-refractivity contribution in [3.05, 3.63) is 18.3 Å². The van der Waals surface area contributed by atoms with E-state index in [4.69, 9.17) is 5.84 Å². The maximum Gasteiger partial charge on any atom is 0.244 e. The van der Waals surface area contributed by atoms with Gasteiger partial charge in [0, 0.05) is 19.3 Å².